The van der Waals surface area contributed by atoms with E-state index in [2.05, 4.69) is 6.92 Å². The minimum Gasteiger partial charge on any atom is -0.489 e. The van der Waals surface area contributed by atoms with Crippen molar-refractivity contribution in [3.63, 3.8) is 0 Å². The molecule has 1 aliphatic heterocycles. The van der Waals surface area contributed by atoms with E-state index in [1.165, 1.54) is 0 Å². The van der Waals surface area contributed by atoms with Gasteiger partial charge in [-0.25, -0.2) is 0 Å². The van der Waals surface area contributed by atoms with Gasteiger partial charge in [-0.1, -0.05) is 13.0 Å². The molecule has 0 fully saturated rings. The molecule has 2 aromatic rings. The molecule has 0 spiro atoms. The van der Waals surface area contributed by atoms with Crippen LogP contribution in [-0.4, -0.2) is 13.2 Å². The van der Waals surface area contributed by atoms with Crippen LogP contribution in [0, 0.1) is 12.8 Å². The lowest BCUT2D eigenvalue weighted by molar-refractivity contribution is 0.228. The molecule has 0 aliphatic carbocycles. The van der Waals surface area contributed by atoms with Gasteiger partial charge in [0, 0.05) is 11.5 Å². The fourth-order valence-corrected chi connectivity index (χ4v) is 2.63. The van der Waals surface area contributed by atoms with E-state index in [0.717, 1.165) is 28.4 Å². The van der Waals surface area contributed by atoms with Crippen LogP contribution in [-0.2, 0) is 0 Å². The Kier molecular flexibility index (Phi) is 3.62. The third-order valence-electron chi connectivity index (χ3n) is 3.48. The van der Waals surface area contributed by atoms with Gasteiger partial charge in [0.25, 0.3) is 0 Å². The lowest BCUT2D eigenvalue weighted by atomic mass is 10.0. The van der Waals surface area contributed by atoms with Gasteiger partial charge < -0.3 is 13.9 Å². The van der Waals surface area contributed by atoms with Gasteiger partial charge in [-0.15, -0.1) is 11.6 Å². The molecule has 2 unspecified atom stereocenters. The van der Waals surface area contributed by atoms with Crippen molar-refractivity contribution >= 4 is 11.6 Å². The van der Waals surface area contributed by atoms with Crippen LogP contribution in [0.4, 0.5) is 0 Å². The number of alkyl halides is 1. The molecule has 0 radical (unpaired) electrons. The summed E-state index contributed by atoms with van der Waals surface area (Å²) in [6, 6.07) is 7.76. The molecule has 0 bridgehead atoms. The normalized spacial score (nSPS) is 19.4. The molecule has 0 amide bonds. The number of hydrogen-bond acceptors (Lipinski definition) is 3. The third-order valence-corrected chi connectivity index (χ3v) is 3.97. The number of aryl methyl sites for hydroxylation is 1. The fraction of sp³-hybridized carbons (Fsp3) is 0.375. The Morgan fingerprint density at radius 2 is 1.90 bits per heavy atom. The van der Waals surface area contributed by atoms with E-state index in [1.54, 1.807) is 6.26 Å². The monoisotopic (exact) mass is 292 g/mol. The molecule has 106 valence electrons. The molecular formula is C16H17ClO3. The van der Waals surface area contributed by atoms with Gasteiger partial charge in [0.2, 0.25) is 0 Å². The summed E-state index contributed by atoms with van der Waals surface area (Å²) in [5.74, 6) is 2.77. The number of ether oxygens (including phenoxy) is 2. The van der Waals surface area contributed by atoms with Gasteiger partial charge in [-0.05, 0) is 30.7 Å². The zero-order valence-electron chi connectivity index (χ0n) is 11.6. The van der Waals surface area contributed by atoms with Crippen LogP contribution >= 0.6 is 11.6 Å². The molecule has 2 heterocycles. The molecule has 0 saturated heterocycles. The lowest BCUT2D eigenvalue weighted by Crippen LogP contribution is -2.12. The number of hydrogen-bond donors (Lipinski definition) is 0. The molecule has 3 nitrogen and oxygen atoms in total. The predicted molar refractivity (Wildman–Crippen MR) is 77.7 cm³/mol. The van der Waals surface area contributed by atoms with Crippen molar-refractivity contribution < 1.29 is 13.9 Å². The SMILES string of the molecule is Cc1occc1C(Cl)c1ccc2c(c1)OCC(C)CO2. The summed E-state index contributed by atoms with van der Waals surface area (Å²) in [7, 11) is 0. The molecule has 0 N–H and O–H groups in total. The van der Waals surface area contributed by atoms with E-state index in [4.69, 9.17) is 25.5 Å². The number of halogens is 1. The summed E-state index contributed by atoms with van der Waals surface area (Å²) in [6.07, 6.45) is 1.66. The highest BCUT2D eigenvalue weighted by Crippen LogP contribution is 2.38. The summed E-state index contributed by atoms with van der Waals surface area (Å²) in [5, 5.41) is -0.247. The molecule has 4 heteroatoms. The Bertz CT molecular complexity index is 606. The Labute approximate surface area is 123 Å². The van der Waals surface area contributed by atoms with Gasteiger partial charge in [0.1, 0.15) is 5.76 Å². The summed E-state index contributed by atoms with van der Waals surface area (Å²) in [4.78, 5) is 0. The summed E-state index contributed by atoms with van der Waals surface area (Å²) < 4.78 is 16.8. The summed E-state index contributed by atoms with van der Waals surface area (Å²) in [5.41, 5.74) is 1.96. The fourth-order valence-electron chi connectivity index (χ4n) is 2.26. The number of furan rings is 1. The molecule has 2 atom stereocenters. The standard InChI is InChI=1S/C16H17ClO3/c1-10-8-19-14-4-3-12(7-15(14)20-9-10)16(17)13-5-6-18-11(13)2/h3-7,10,16H,8-9H2,1-2H3. The van der Waals surface area contributed by atoms with Crippen LogP contribution in [0.5, 0.6) is 11.5 Å². The largest absolute Gasteiger partial charge is 0.489 e. The van der Waals surface area contributed by atoms with Crippen molar-refractivity contribution in [2.75, 3.05) is 13.2 Å². The van der Waals surface area contributed by atoms with Crippen LogP contribution in [0.1, 0.15) is 29.2 Å². The quantitative estimate of drug-likeness (QED) is 0.772. The van der Waals surface area contributed by atoms with E-state index in [-0.39, 0.29) is 5.38 Å². The van der Waals surface area contributed by atoms with Crippen LogP contribution in [0.25, 0.3) is 0 Å². The predicted octanol–water partition coefficient (Wildman–Crippen LogP) is 4.32. The zero-order valence-corrected chi connectivity index (χ0v) is 12.3. The lowest BCUT2D eigenvalue weighted by Gasteiger charge is -2.13. The Morgan fingerprint density at radius 3 is 2.60 bits per heavy atom. The molecule has 1 aromatic heterocycles. The average Bonchev–Trinajstić information content (AvgIpc) is 2.79. The van der Waals surface area contributed by atoms with Crippen molar-refractivity contribution in [1.82, 2.24) is 0 Å². The molecular weight excluding hydrogens is 276 g/mol. The minimum atomic E-state index is -0.247. The number of rotatable bonds is 2. The molecule has 1 aromatic carbocycles. The van der Waals surface area contributed by atoms with Crippen LogP contribution < -0.4 is 9.47 Å². The first kappa shape index (κ1) is 13.4. The van der Waals surface area contributed by atoms with E-state index in [1.807, 2.05) is 31.2 Å². The van der Waals surface area contributed by atoms with Crippen molar-refractivity contribution in [3.8, 4) is 11.5 Å². The van der Waals surface area contributed by atoms with Gasteiger partial charge in [0.15, 0.2) is 11.5 Å². The second-order valence-electron chi connectivity index (χ2n) is 5.23. The molecule has 0 saturated carbocycles. The molecule has 3 rings (SSSR count). The molecule has 20 heavy (non-hydrogen) atoms. The maximum atomic E-state index is 6.53. The first-order valence-corrected chi connectivity index (χ1v) is 7.16. The van der Waals surface area contributed by atoms with Crippen LogP contribution in [0.3, 0.4) is 0 Å². The Balaban J connectivity index is 1.91. The second-order valence-corrected chi connectivity index (χ2v) is 5.66. The Hall–Kier alpha value is -1.61. The zero-order chi connectivity index (χ0) is 14.1. The number of fused-ring (bicyclic) bond motifs is 1. The number of benzene rings is 1. The first-order chi connectivity index (χ1) is 9.65. The van der Waals surface area contributed by atoms with Gasteiger partial charge in [-0.3, -0.25) is 0 Å². The third kappa shape index (κ3) is 2.50. The topological polar surface area (TPSA) is 31.6 Å². The summed E-state index contributed by atoms with van der Waals surface area (Å²) >= 11 is 6.53. The van der Waals surface area contributed by atoms with Crippen molar-refractivity contribution in [2.45, 2.75) is 19.2 Å². The second kappa shape index (κ2) is 5.41. The first-order valence-electron chi connectivity index (χ1n) is 6.72. The van der Waals surface area contributed by atoms with E-state index >= 15 is 0 Å². The van der Waals surface area contributed by atoms with Crippen molar-refractivity contribution in [3.05, 3.63) is 47.4 Å². The van der Waals surface area contributed by atoms with Crippen LogP contribution in [0.2, 0.25) is 0 Å². The highest BCUT2D eigenvalue weighted by molar-refractivity contribution is 6.22. The highest BCUT2D eigenvalue weighted by atomic mass is 35.5. The molecule has 1 aliphatic rings. The van der Waals surface area contributed by atoms with Gasteiger partial charge >= 0.3 is 0 Å². The Morgan fingerprint density at radius 1 is 1.15 bits per heavy atom. The van der Waals surface area contributed by atoms with E-state index < -0.39 is 0 Å². The summed E-state index contributed by atoms with van der Waals surface area (Å²) in [6.45, 7) is 5.35. The van der Waals surface area contributed by atoms with Gasteiger partial charge in [0.05, 0.1) is 24.9 Å². The highest BCUT2D eigenvalue weighted by Gasteiger charge is 2.20. The van der Waals surface area contributed by atoms with Crippen molar-refractivity contribution in [1.29, 1.82) is 0 Å². The van der Waals surface area contributed by atoms with Crippen LogP contribution in [0.15, 0.2) is 34.9 Å². The minimum absolute atomic E-state index is 0.247. The van der Waals surface area contributed by atoms with Crippen molar-refractivity contribution in [2.24, 2.45) is 5.92 Å². The smallest absolute Gasteiger partial charge is 0.161 e. The van der Waals surface area contributed by atoms with Gasteiger partial charge in [-0.2, -0.15) is 0 Å². The van der Waals surface area contributed by atoms with E-state index in [0.29, 0.717) is 19.1 Å². The average molecular weight is 293 g/mol. The van der Waals surface area contributed by atoms with E-state index in [9.17, 15) is 0 Å². The maximum Gasteiger partial charge on any atom is 0.161 e. The maximum absolute atomic E-state index is 6.53.